The van der Waals surface area contributed by atoms with Crippen LogP contribution in [0.4, 0.5) is 0 Å². The zero-order valence-corrected chi connectivity index (χ0v) is 7.01. The van der Waals surface area contributed by atoms with Crippen molar-refractivity contribution < 1.29 is 0 Å². The van der Waals surface area contributed by atoms with Crippen LogP contribution in [-0.4, -0.2) is 19.3 Å². The topological polar surface area (TPSA) is 24.1 Å². The molecule has 0 saturated carbocycles. The minimum absolute atomic E-state index is 0.465. The fourth-order valence-corrected chi connectivity index (χ4v) is 1.50. The number of hydrogen-bond acceptors (Lipinski definition) is 2. The Bertz CT molecular complexity index is 227. The minimum atomic E-state index is 0.465. The van der Waals surface area contributed by atoms with Gasteiger partial charge < -0.3 is 10.6 Å². The fraction of sp³-hybridized carbons (Fsp3) is 0.400. The number of hydrogen-bond donors (Lipinski definition) is 2. The summed E-state index contributed by atoms with van der Waals surface area (Å²) in [5, 5.41) is 6.77. The zero-order valence-electron chi connectivity index (χ0n) is 7.01. The predicted octanol–water partition coefficient (Wildman–Crippen LogP) is 0.548. The van der Waals surface area contributed by atoms with Crippen molar-refractivity contribution in [2.24, 2.45) is 0 Å². The lowest BCUT2D eigenvalue weighted by atomic mass is 10.1. The quantitative estimate of drug-likeness (QED) is 0.662. The molecular weight excluding hydrogens is 148 g/mol. The molecule has 1 aliphatic heterocycles. The summed E-state index contributed by atoms with van der Waals surface area (Å²) < 4.78 is 0. The molecule has 1 aliphatic rings. The van der Waals surface area contributed by atoms with Gasteiger partial charge in [-0.2, -0.15) is 0 Å². The van der Waals surface area contributed by atoms with Gasteiger partial charge in [0.1, 0.15) is 0 Å². The summed E-state index contributed by atoms with van der Waals surface area (Å²) in [6.07, 6.45) is 1.53. The first kappa shape index (κ1) is 7.77. The molecule has 1 aromatic rings. The SMILES string of the molecule is [c]1ccc(CC2NCCN2)cc1. The third-order valence-corrected chi connectivity index (χ3v) is 2.13. The summed E-state index contributed by atoms with van der Waals surface area (Å²) in [5.74, 6) is 0. The monoisotopic (exact) mass is 161 g/mol. The van der Waals surface area contributed by atoms with Gasteiger partial charge in [-0.05, 0) is 11.6 Å². The Hall–Kier alpha value is -0.860. The van der Waals surface area contributed by atoms with E-state index in [0.717, 1.165) is 19.5 Å². The molecule has 2 N–H and O–H groups in total. The molecule has 1 fully saturated rings. The number of rotatable bonds is 2. The molecule has 63 valence electrons. The van der Waals surface area contributed by atoms with Crippen LogP contribution < -0.4 is 10.6 Å². The van der Waals surface area contributed by atoms with Crippen LogP contribution in [0.3, 0.4) is 0 Å². The Morgan fingerprint density at radius 1 is 1.25 bits per heavy atom. The van der Waals surface area contributed by atoms with E-state index in [-0.39, 0.29) is 0 Å². The van der Waals surface area contributed by atoms with Crippen LogP contribution in [0.2, 0.25) is 0 Å². The molecule has 1 aromatic carbocycles. The summed E-state index contributed by atoms with van der Waals surface area (Å²) >= 11 is 0. The first-order chi connectivity index (χ1) is 5.95. The second-order valence-corrected chi connectivity index (χ2v) is 3.07. The number of benzene rings is 1. The van der Waals surface area contributed by atoms with Gasteiger partial charge in [-0.3, -0.25) is 0 Å². The molecule has 0 spiro atoms. The van der Waals surface area contributed by atoms with Gasteiger partial charge in [0.2, 0.25) is 0 Å². The van der Waals surface area contributed by atoms with Crippen LogP contribution in [0.5, 0.6) is 0 Å². The molecule has 2 heteroatoms. The van der Waals surface area contributed by atoms with E-state index in [4.69, 9.17) is 0 Å². The van der Waals surface area contributed by atoms with Gasteiger partial charge in [-0.1, -0.05) is 24.3 Å². The normalized spacial score (nSPS) is 18.3. The zero-order chi connectivity index (χ0) is 8.23. The smallest absolute Gasteiger partial charge is 0.0614 e. The molecule has 0 amide bonds. The van der Waals surface area contributed by atoms with Gasteiger partial charge in [-0.25, -0.2) is 0 Å². The van der Waals surface area contributed by atoms with Gasteiger partial charge in [-0.15, -0.1) is 0 Å². The predicted molar refractivity (Wildman–Crippen MR) is 48.8 cm³/mol. The van der Waals surface area contributed by atoms with Crippen molar-refractivity contribution in [1.82, 2.24) is 10.6 Å². The van der Waals surface area contributed by atoms with Crippen LogP contribution in [0.1, 0.15) is 5.56 Å². The number of nitrogens with one attached hydrogen (secondary N) is 2. The van der Waals surface area contributed by atoms with Gasteiger partial charge in [0.05, 0.1) is 6.17 Å². The molecule has 2 rings (SSSR count). The third kappa shape index (κ3) is 1.84. The summed E-state index contributed by atoms with van der Waals surface area (Å²) in [4.78, 5) is 0. The molecule has 1 saturated heterocycles. The lowest BCUT2D eigenvalue weighted by molar-refractivity contribution is 0.551. The maximum Gasteiger partial charge on any atom is 0.0614 e. The van der Waals surface area contributed by atoms with E-state index in [1.54, 1.807) is 0 Å². The van der Waals surface area contributed by atoms with Gasteiger partial charge in [0, 0.05) is 19.5 Å². The van der Waals surface area contributed by atoms with E-state index in [2.05, 4.69) is 28.8 Å². The van der Waals surface area contributed by atoms with Crippen molar-refractivity contribution in [3.05, 3.63) is 35.9 Å². The van der Waals surface area contributed by atoms with Crippen LogP contribution in [0, 0.1) is 6.07 Å². The van der Waals surface area contributed by atoms with Crippen molar-refractivity contribution in [2.45, 2.75) is 12.6 Å². The molecule has 0 aromatic heterocycles. The standard InChI is InChI=1S/C10H13N2/c1-2-4-9(5-3-1)8-10-11-6-7-12-10/h2-5,10-12H,6-8H2. The van der Waals surface area contributed by atoms with Crippen molar-refractivity contribution in [2.75, 3.05) is 13.1 Å². The molecule has 2 nitrogen and oxygen atoms in total. The second kappa shape index (κ2) is 3.70. The van der Waals surface area contributed by atoms with E-state index in [1.165, 1.54) is 5.56 Å². The molecule has 0 unspecified atom stereocenters. The van der Waals surface area contributed by atoms with Crippen LogP contribution in [-0.2, 0) is 6.42 Å². The summed E-state index contributed by atoms with van der Waals surface area (Å²) in [6, 6.07) is 11.2. The van der Waals surface area contributed by atoms with Gasteiger partial charge in [0.25, 0.3) is 0 Å². The molecule has 0 atom stereocenters. The highest BCUT2D eigenvalue weighted by Gasteiger charge is 2.12. The highest BCUT2D eigenvalue weighted by atomic mass is 15.2. The maximum absolute atomic E-state index is 3.38. The average Bonchev–Trinajstić information content (AvgIpc) is 2.59. The Balaban J connectivity index is 1.94. The van der Waals surface area contributed by atoms with E-state index in [9.17, 15) is 0 Å². The highest BCUT2D eigenvalue weighted by molar-refractivity contribution is 5.15. The lowest BCUT2D eigenvalue weighted by Gasteiger charge is -2.09. The minimum Gasteiger partial charge on any atom is -0.300 e. The van der Waals surface area contributed by atoms with E-state index < -0.39 is 0 Å². The van der Waals surface area contributed by atoms with Crippen LogP contribution in [0.15, 0.2) is 24.3 Å². The first-order valence-corrected chi connectivity index (χ1v) is 4.37. The van der Waals surface area contributed by atoms with Crippen molar-refractivity contribution in [3.8, 4) is 0 Å². The Morgan fingerprint density at radius 3 is 2.58 bits per heavy atom. The summed E-state index contributed by atoms with van der Waals surface area (Å²) in [6.45, 7) is 2.17. The highest BCUT2D eigenvalue weighted by Crippen LogP contribution is 2.02. The maximum atomic E-state index is 3.38. The summed E-state index contributed by atoms with van der Waals surface area (Å²) in [5.41, 5.74) is 1.36. The van der Waals surface area contributed by atoms with E-state index in [1.807, 2.05) is 12.1 Å². The van der Waals surface area contributed by atoms with Crippen molar-refractivity contribution in [1.29, 1.82) is 0 Å². The molecule has 12 heavy (non-hydrogen) atoms. The second-order valence-electron chi connectivity index (χ2n) is 3.07. The molecule has 0 aliphatic carbocycles. The first-order valence-electron chi connectivity index (χ1n) is 4.37. The van der Waals surface area contributed by atoms with Crippen LogP contribution in [0.25, 0.3) is 0 Å². The molecular formula is C10H13N2. The Kier molecular flexibility index (Phi) is 2.39. The Labute approximate surface area is 73.0 Å². The fourth-order valence-electron chi connectivity index (χ4n) is 1.50. The van der Waals surface area contributed by atoms with E-state index >= 15 is 0 Å². The molecule has 0 bridgehead atoms. The van der Waals surface area contributed by atoms with Gasteiger partial charge in [0.15, 0.2) is 0 Å². The molecule has 1 radical (unpaired) electrons. The Morgan fingerprint density at radius 2 is 1.92 bits per heavy atom. The lowest BCUT2D eigenvalue weighted by Crippen LogP contribution is -2.32. The molecule has 1 heterocycles. The van der Waals surface area contributed by atoms with Crippen LogP contribution >= 0.6 is 0 Å². The van der Waals surface area contributed by atoms with Gasteiger partial charge >= 0.3 is 0 Å². The third-order valence-electron chi connectivity index (χ3n) is 2.13. The van der Waals surface area contributed by atoms with Crippen molar-refractivity contribution >= 4 is 0 Å². The average molecular weight is 161 g/mol. The van der Waals surface area contributed by atoms with E-state index in [0.29, 0.717) is 6.17 Å². The van der Waals surface area contributed by atoms with Crippen molar-refractivity contribution in [3.63, 3.8) is 0 Å². The summed E-state index contributed by atoms with van der Waals surface area (Å²) in [7, 11) is 0. The largest absolute Gasteiger partial charge is 0.300 e.